The van der Waals surface area contributed by atoms with Crippen LogP contribution in [-0.2, 0) is 26.0 Å². The van der Waals surface area contributed by atoms with Crippen molar-refractivity contribution in [3.63, 3.8) is 0 Å². The maximum absolute atomic E-state index is 12.6. The monoisotopic (exact) mass is 466 g/mol. The van der Waals surface area contributed by atoms with Crippen LogP contribution in [0.15, 0.2) is 23.1 Å². The van der Waals surface area contributed by atoms with E-state index in [0.29, 0.717) is 31.3 Å². The van der Waals surface area contributed by atoms with Crippen LogP contribution in [0.25, 0.3) is 0 Å². The molecular formula is C16H17F3N4O5S2. The predicted molar refractivity (Wildman–Crippen MR) is 99.7 cm³/mol. The molecule has 0 unspecified atom stereocenters. The number of hydrogen-bond donors (Lipinski definition) is 1. The van der Waals surface area contributed by atoms with Crippen LogP contribution in [0.3, 0.4) is 0 Å². The van der Waals surface area contributed by atoms with Crippen LogP contribution in [0.2, 0.25) is 0 Å². The van der Waals surface area contributed by atoms with Crippen molar-refractivity contribution in [1.82, 2.24) is 15.1 Å². The highest BCUT2D eigenvalue weighted by Crippen LogP contribution is 2.28. The number of sulfonamides is 1. The van der Waals surface area contributed by atoms with Crippen molar-refractivity contribution in [3.8, 4) is 5.75 Å². The van der Waals surface area contributed by atoms with Gasteiger partial charge in [-0.15, -0.1) is 23.4 Å². The molecule has 3 rings (SSSR count). The molecule has 0 saturated carbocycles. The molecule has 1 amide bonds. The van der Waals surface area contributed by atoms with E-state index in [1.165, 1.54) is 6.92 Å². The van der Waals surface area contributed by atoms with Crippen LogP contribution in [0.1, 0.15) is 10.6 Å². The summed E-state index contributed by atoms with van der Waals surface area (Å²) in [4.78, 5) is 13.6. The van der Waals surface area contributed by atoms with E-state index in [-0.39, 0.29) is 27.9 Å². The topological polar surface area (TPSA) is 111 Å². The summed E-state index contributed by atoms with van der Waals surface area (Å²) in [5.41, 5.74) is 0.0523. The van der Waals surface area contributed by atoms with Crippen molar-refractivity contribution < 1.29 is 35.9 Å². The van der Waals surface area contributed by atoms with E-state index in [1.807, 2.05) is 0 Å². The Hall–Kier alpha value is -2.45. The Morgan fingerprint density at radius 1 is 1.30 bits per heavy atom. The largest absolute Gasteiger partial charge is 0.573 e. The van der Waals surface area contributed by atoms with E-state index < -0.39 is 22.1 Å². The Morgan fingerprint density at radius 3 is 2.63 bits per heavy atom. The second kappa shape index (κ2) is 8.73. The summed E-state index contributed by atoms with van der Waals surface area (Å²) >= 11 is 0.899. The van der Waals surface area contributed by atoms with E-state index in [2.05, 4.69) is 19.7 Å². The van der Waals surface area contributed by atoms with Crippen molar-refractivity contribution in [2.45, 2.75) is 24.6 Å². The summed E-state index contributed by atoms with van der Waals surface area (Å²) < 4.78 is 73.3. The zero-order valence-electron chi connectivity index (χ0n) is 15.6. The third-order valence-electron chi connectivity index (χ3n) is 4.02. The van der Waals surface area contributed by atoms with Crippen LogP contribution in [-0.4, -0.2) is 62.1 Å². The Labute approximate surface area is 173 Å². The SMILES string of the molecule is Cc1cc(OC(F)(F)F)ccc1S(=O)(=O)Nc1nnc(CC(=O)N2CCOCC2)s1. The highest BCUT2D eigenvalue weighted by molar-refractivity contribution is 7.93. The number of nitrogens with one attached hydrogen (secondary N) is 1. The van der Waals surface area contributed by atoms with E-state index in [0.717, 1.165) is 29.5 Å². The third kappa shape index (κ3) is 5.79. The average Bonchev–Trinajstić information content (AvgIpc) is 3.06. The van der Waals surface area contributed by atoms with Crippen LogP contribution < -0.4 is 9.46 Å². The number of anilines is 1. The van der Waals surface area contributed by atoms with Crippen molar-refractivity contribution >= 4 is 32.4 Å². The number of aromatic nitrogens is 2. The number of aryl methyl sites for hydroxylation is 1. The van der Waals surface area contributed by atoms with Crippen molar-refractivity contribution in [1.29, 1.82) is 0 Å². The molecule has 164 valence electrons. The molecule has 1 saturated heterocycles. The summed E-state index contributed by atoms with van der Waals surface area (Å²) in [6.45, 7) is 3.21. The lowest BCUT2D eigenvalue weighted by molar-refractivity contribution is -0.274. The number of morpholine rings is 1. The molecule has 0 atom stereocenters. The number of ether oxygens (including phenoxy) is 2. The number of carbonyl (C=O) groups excluding carboxylic acids is 1. The number of rotatable bonds is 6. The molecule has 1 aliphatic heterocycles. The molecule has 1 fully saturated rings. The standard InChI is InChI=1S/C16H17F3N4O5S2/c1-10-8-11(28-16(17,18)19)2-3-12(10)30(25,26)22-15-21-20-13(29-15)9-14(24)23-4-6-27-7-5-23/h2-3,8H,4-7,9H2,1H3,(H,21,22). The Bertz CT molecular complexity index is 1020. The fourth-order valence-electron chi connectivity index (χ4n) is 2.71. The van der Waals surface area contributed by atoms with Gasteiger partial charge in [0.15, 0.2) is 0 Å². The Balaban J connectivity index is 1.68. The Morgan fingerprint density at radius 2 is 2.00 bits per heavy atom. The summed E-state index contributed by atoms with van der Waals surface area (Å²) in [6, 6.07) is 2.87. The number of amides is 1. The molecule has 30 heavy (non-hydrogen) atoms. The molecule has 1 N–H and O–H groups in total. The van der Waals surface area contributed by atoms with E-state index in [4.69, 9.17) is 4.74 Å². The first-order valence-corrected chi connectivity index (χ1v) is 10.9. The van der Waals surface area contributed by atoms with Crippen LogP contribution >= 0.6 is 11.3 Å². The molecule has 14 heteroatoms. The van der Waals surface area contributed by atoms with Crippen LogP contribution in [0.4, 0.5) is 18.3 Å². The minimum Gasteiger partial charge on any atom is -0.406 e. The first-order valence-electron chi connectivity index (χ1n) is 8.60. The maximum atomic E-state index is 12.6. The molecular weight excluding hydrogens is 449 g/mol. The van der Waals surface area contributed by atoms with Gasteiger partial charge in [0.05, 0.1) is 24.5 Å². The number of halogens is 3. The minimum atomic E-state index is -4.88. The van der Waals surface area contributed by atoms with Gasteiger partial charge in [0.1, 0.15) is 10.8 Å². The minimum absolute atomic E-state index is 0.0259. The summed E-state index contributed by atoms with van der Waals surface area (Å²) in [5.74, 6) is -0.696. The second-order valence-electron chi connectivity index (χ2n) is 6.25. The van der Waals surface area contributed by atoms with Gasteiger partial charge in [-0.05, 0) is 30.7 Å². The van der Waals surface area contributed by atoms with E-state index in [1.54, 1.807) is 4.90 Å². The lowest BCUT2D eigenvalue weighted by atomic mass is 10.2. The fourth-order valence-corrected chi connectivity index (χ4v) is 4.90. The number of carbonyl (C=O) groups is 1. The van der Waals surface area contributed by atoms with Gasteiger partial charge in [0, 0.05) is 13.1 Å². The highest BCUT2D eigenvalue weighted by Gasteiger charge is 2.31. The highest BCUT2D eigenvalue weighted by atomic mass is 32.2. The van der Waals surface area contributed by atoms with Crippen LogP contribution in [0, 0.1) is 6.92 Å². The number of alkyl halides is 3. The van der Waals surface area contributed by atoms with Gasteiger partial charge in [-0.1, -0.05) is 11.3 Å². The molecule has 2 heterocycles. The molecule has 1 aliphatic rings. The number of nitrogens with zero attached hydrogens (tertiary/aromatic N) is 3. The van der Waals surface area contributed by atoms with Crippen molar-refractivity contribution in [3.05, 3.63) is 28.8 Å². The predicted octanol–water partition coefficient (Wildman–Crippen LogP) is 1.95. The Kier molecular flexibility index (Phi) is 6.47. The van der Waals surface area contributed by atoms with E-state index >= 15 is 0 Å². The van der Waals surface area contributed by atoms with Gasteiger partial charge >= 0.3 is 6.36 Å². The first kappa shape index (κ1) is 22.2. The van der Waals surface area contributed by atoms with Gasteiger partial charge in [-0.25, -0.2) is 8.42 Å². The molecule has 9 nitrogen and oxygen atoms in total. The lowest BCUT2D eigenvalue weighted by Crippen LogP contribution is -2.41. The van der Waals surface area contributed by atoms with Gasteiger partial charge in [-0.3, -0.25) is 9.52 Å². The zero-order chi connectivity index (χ0) is 21.9. The van der Waals surface area contributed by atoms with Crippen LogP contribution in [0.5, 0.6) is 5.75 Å². The molecule has 0 spiro atoms. The number of hydrogen-bond acceptors (Lipinski definition) is 8. The zero-order valence-corrected chi connectivity index (χ0v) is 17.2. The van der Waals surface area contributed by atoms with E-state index in [9.17, 15) is 26.4 Å². The quantitative estimate of drug-likeness (QED) is 0.693. The lowest BCUT2D eigenvalue weighted by Gasteiger charge is -2.26. The molecule has 0 bridgehead atoms. The summed E-state index contributed by atoms with van der Waals surface area (Å²) in [7, 11) is -4.13. The molecule has 1 aromatic carbocycles. The second-order valence-corrected chi connectivity index (χ2v) is 8.96. The summed E-state index contributed by atoms with van der Waals surface area (Å²) in [5, 5.41) is 7.82. The molecule has 2 aromatic rings. The van der Waals surface area contributed by atoms with Gasteiger partial charge < -0.3 is 14.4 Å². The third-order valence-corrected chi connectivity index (χ3v) is 6.49. The van der Waals surface area contributed by atoms with Crippen molar-refractivity contribution in [2.75, 3.05) is 31.0 Å². The van der Waals surface area contributed by atoms with Gasteiger partial charge in [0.2, 0.25) is 11.0 Å². The fraction of sp³-hybridized carbons (Fsp3) is 0.438. The van der Waals surface area contributed by atoms with Crippen molar-refractivity contribution in [2.24, 2.45) is 0 Å². The van der Waals surface area contributed by atoms with Gasteiger partial charge in [-0.2, -0.15) is 0 Å². The van der Waals surface area contributed by atoms with Gasteiger partial charge in [0.25, 0.3) is 10.0 Å². The molecule has 0 aliphatic carbocycles. The smallest absolute Gasteiger partial charge is 0.406 e. The maximum Gasteiger partial charge on any atom is 0.573 e. The normalized spacial score (nSPS) is 15.1. The first-order chi connectivity index (χ1) is 14.0. The molecule has 0 radical (unpaired) electrons. The average molecular weight is 466 g/mol. The summed E-state index contributed by atoms with van der Waals surface area (Å²) in [6.07, 6.45) is -4.91. The number of benzene rings is 1. The molecule has 1 aromatic heterocycles.